The van der Waals surface area contributed by atoms with Gasteiger partial charge in [-0.05, 0) is 69.0 Å². The van der Waals surface area contributed by atoms with Crippen LogP contribution in [0.25, 0.3) is 0 Å². The van der Waals surface area contributed by atoms with Gasteiger partial charge in [-0.2, -0.15) is 0 Å². The van der Waals surface area contributed by atoms with E-state index in [-0.39, 0.29) is 28.6 Å². The molecule has 2 aromatic rings. The van der Waals surface area contributed by atoms with Crippen molar-refractivity contribution in [2.24, 2.45) is 0 Å². The Morgan fingerprint density at radius 2 is 1.96 bits per heavy atom. The number of likely N-dealkylation sites (tertiary alicyclic amines) is 1. The van der Waals surface area contributed by atoms with Crippen LogP contribution in [0.15, 0.2) is 47.4 Å². The predicted molar refractivity (Wildman–Crippen MR) is 107 cm³/mol. The van der Waals surface area contributed by atoms with Crippen LogP contribution in [0.1, 0.15) is 49.0 Å². The molecule has 1 amide bonds. The first kappa shape index (κ1) is 20.3. The molecule has 28 heavy (non-hydrogen) atoms. The number of hydrogen-bond donors (Lipinski definition) is 1. The number of carbonyl (C=O) groups excluding carboxylic acids is 1. The van der Waals surface area contributed by atoms with E-state index >= 15 is 0 Å². The predicted octanol–water partition coefficient (Wildman–Crippen LogP) is 4.34. The van der Waals surface area contributed by atoms with Crippen LogP contribution < -0.4 is 4.72 Å². The molecule has 1 heterocycles. The van der Waals surface area contributed by atoms with Gasteiger partial charge in [0.2, 0.25) is 0 Å². The lowest BCUT2D eigenvalue weighted by Crippen LogP contribution is -2.39. The smallest absolute Gasteiger partial charge is 0.261 e. The fourth-order valence-corrected chi connectivity index (χ4v) is 4.72. The van der Waals surface area contributed by atoms with Crippen LogP contribution in [0.2, 0.25) is 0 Å². The van der Waals surface area contributed by atoms with Gasteiger partial charge in [0.1, 0.15) is 5.82 Å². The first-order valence-corrected chi connectivity index (χ1v) is 10.9. The first-order valence-electron chi connectivity index (χ1n) is 9.44. The summed E-state index contributed by atoms with van der Waals surface area (Å²) >= 11 is 0. The van der Waals surface area contributed by atoms with Crippen molar-refractivity contribution in [1.82, 2.24) is 4.90 Å². The summed E-state index contributed by atoms with van der Waals surface area (Å²) in [6.45, 7) is 5.66. The lowest BCUT2D eigenvalue weighted by molar-refractivity contribution is 0.0676. The highest BCUT2D eigenvalue weighted by molar-refractivity contribution is 7.92. The Morgan fingerprint density at radius 3 is 2.64 bits per heavy atom. The molecule has 1 aliphatic rings. The number of rotatable bonds is 5. The molecule has 0 saturated carbocycles. The minimum Gasteiger partial charge on any atom is -0.333 e. The summed E-state index contributed by atoms with van der Waals surface area (Å²) in [5.74, 6) is -0.681. The molecule has 5 nitrogen and oxygen atoms in total. The Kier molecular flexibility index (Phi) is 5.74. The summed E-state index contributed by atoms with van der Waals surface area (Å²) < 4.78 is 41.4. The third kappa shape index (κ3) is 4.04. The average molecular weight is 405 g/mol. The number of nitrogens with one attached hydrogen (secondary N) is 1. The Bertz CT molecular complexity index is 991. The van der Waals surface area contributed by atoms with Gasteiger partial charge in [-0.1, -0.05) is 19.1 Å². The van der Waals surface area contributed by atoms with Crippen molar-refractivity contribution in [2.45, 2.75) is 57.0 Å². The van der Waals surface area contributed by atoms with E-state index in [1.165, 1.54) is 18.2 Å². The minimum atomic E-state index is -3.96. The van der Waals surface area contributed by atoms with Crippen LogP contribution >= 0.6 is 0 Å². The number of sulfonamides is 1. The molecule has 1 fully saturated rings. The van der Waals surface area contributed by atoms with Crippen molar-refractivity contribution < 1.29 is 17.6 Å². The van der Waals surface area contributed by atoms with Crippen LogP contribution in [0, 0.1) is 12.7 Å². The van der Waals surface area contributed by atoms with Gasteiger partial charge in [-0.3, -0.25) is 9.52 Å². The van der Waals surface area contributed by atoms with Crippen LogP contribution in [0.4, 0.5) is 10.1 Å². The monoisotopic (exact) mass is 404 g/mol. The van der Waals surface area contributed by atoms with Crippen molar-refractivity contribution in [2.75, 3.05) is 4.72 Å². The second kappa shape index (κ2) is 7.91. The van der Waals surface area contributed by atoms with Crippen molar-refractivity contribution in [1.29, 1.82) is 0 Å². The lowest BCUT2D eigenvalue weighted by Gasteiger charge is -2.28. The first-order chi connectivity index (χ1) is 13.2. The topological polar surface area (TPSA) is 66.5 Å². The number of amides is 1. The second-order valence-corrected chi connectivity index (χ2v) is 8.98. The molecule has 7 heteroatoms. The van der Waals surface area contributed by atoms with Crippen LogP contribution in [0.3, 0.4) is 0 Å². The number of halogens is 1. The largest absolute Gasteiger partial charge is 0.333 e. The average Bonchev–Trinajstić information content (AvgIpc) is 3.03. The number of benzene rings is 2. The van der Waals surface area contributed by atoms with E-state index in [9.17, 15) is 17.6 Å². The summed E-state index contributed by atoms with van der Waals surface area (Å²) in [5, 5.41) is 0. The molecule has 0 spiro atoms. The Labute approximate surface area is 165 Å². The number of hydrogen-bond acceptors (Lipinski definition) is 3. The van der Waals surface area contributed by atoms with E-state index in [1.807, 2.05) is 11.8 Å². The van der Waals surface area contributed by atoms with Gasteiger partial charge in [-0.15, -0.1) is 0 Å². The third-order valence-corrected chi connectivity index (χ3v) is 6.69. The van der Waals surface area contributed by atoms with Crippen molar-refractivity contribution in [3.05, 3.63) is 59.4 Å². The molecule has 0 aliphatic carbocycles. The third-order valence-electron chi connectivity index (χ3n) is 5.31. The van der Waals surface area contributed by atoms with Crippen LogP contribution in [0.5, 0.6) is 0 Å². The quantitative estimate of drug-likeness (QED) is 0.806. The summed E-state index contributed by atoms with van der Waals surface area (Å²) in [5.41, 5.74) is 1.07. The Balaban J connectivity index is 1.85. The van der Waals surface area contributed by atoms with Gasteiger partial charge >= 0.3 is 0 Å². The zero-order valence-corrected chi connectivity index (χ0v) is 17.1. The number of aryl methyl sites for hydroxylation is 1. The molecule has 2 atom stereocenters. The molecule has 0 bridgehead atoms. The van der Waals surface area contributed by atoms with E-state index < -0.39 is 15.8 Å². The van der Waals surface area contributed by atoms with E-state index in [0.29, 0.717) is 11.1 Å². The highest BCUT2D eigenvalue weighted by Gasteiger charge is 2.33. The highest BCUT2D eigenvalue weighted by atomic mass is 32.2. The second-order valence-electron chi connectivity index (χ2n) is 7.30. The summed E-state index contributed by atoms with van der Waals surface area (Å²) in [4.78, 5) is 14.7. The molecule has 2 aromatic carbocycles. The van der Waals surface area contributed by atoms with E-state index in [4.69, 9.17) is 0 Å². The van der Waals surface area contributed by atoms with Gasteiger partial charge in [-0.25, -0.2) is 12.8 Å². The molecular formula is C21H25FN2O3S. The van der Waals surface area contributed by atoms with Gasteiger partial charge in [0.25, 0.3) is 15.9 Å². The Morgan fingerprint density at radius 1 is 1.21 bits per heavy atom. The maximum atomic E-state index is 13.8. The molecule has 0 aromatic heterocycles. The summed E-state index contributed by atoms with van der Waals surface area (Å²) in [7, 11) is -3.96. The van der Waals surface area contributed by atoms with Crippen LogP contribution in [-0.2, 0) is 10.0 Å². The fraction of sp³-hybridized carbons (Fsp3) is 0.381. The zero-order valence-electron chi connectivity index (χ0n) is 16.3. The number of carbonyl (C=O) groups is 1. The summed E-state index contributed by atoms with van der Waals surface area (Å²) in [6, 6.07) is 10.6. The van der Waals surface area contributed by atoms with Gasteiger partial charge in [0.05, 0.1) is 4.90 Å². The number of anilines is 1. The van der Waals surface area contributed by atoms with E-state index in [2.05, 4.69) is 11.6 Å². The van der Waals surface area contributed by atoms with Crippen molar-refractivity contribution >= 4 is 21.6 Å². The zero-order chi connectivity index (χ0) is 20.5. The molecule has 3 rings (SSSR count). The molecule has 0 radical (unpaired) electrons. The molecule has 1 N–H and O–H groups in total. The van der Waals surface area contributed by atoms with Crippen molar-refractivity contribution in [3.8, 4) is 0 Å². The maximum absolute atomic E-state index is 13.8. The van der Waals surface area contributed by atoms with E-state index in [0.717, 1.165) is 25.3 Å². The van der Waals surface area contributed by atoms with Crippen LogP contribution in [-0.4, -0.2) is 31.3 Å². The molecular weight excluding hydrogens is 379 g/mol. The molecule has 1 saturated heterocycles. The van der Waals surface area contributed by atoms with Gasteiger partial charge in [0.15, 0.2) is 0 Å². The minimum absolute atomic E-state index is 0.0979. The summed E-state index contributed by atoms with van der Waals surface area (Å²) in [6.07, 6.45) is 2.84. The number of nitrogens with zero attached hydrogens (tertiary/aromatic N) is 1. The standard InChI is InChI=1S/C21H25FN2O3S/c1-4-18-10-9-15(3)24(18)21(25)16-6-5-7-17(12-16)23-28(26,27)19-11-8-14(2)20(22)13-19/h5-8,11-13,15,18,23H,4,9-10H2,1-3H3/t15-,18+/m0/s1. The SMILES string of the molecule is CC[C@@H]1CC[C@H](C)N1C(=O)c1cccc(NS(=O)(=O)c2ccc(C)c(F)c2)c1. The van der Waals surface area contributed by atoms with E-state index in [1.54, 1.807) is 25.1 Å². The van der Waals surface area contributed by atoms with Gasteiger partial charge < -0.3 is 4.90 Å². The lowest BCUT2D eigenvalue weighted by atomic mass is 10.1. The molecule has 1 aliphatic heterocycles. The Hall–Kier alpha value is -2.41. The highest BCUT2D eigenvalue weighted by Crippen LogP contribution is 2.28. The normalized spacial score (nSPS) is 19.6. The van der Waals surface area contributed by atoms with Gasteiger partial charge in [0, 0.05) is 23.3 Å². The van der Waals surface area contributed by atoms with Crippen molar-refractivity contribution in [3.63, 3.8) is 0 Å². The maximum Gasteiger partial charge on any atom is 0.261 e. The fourth-order valence-electron chi connectivity index (χ4n) is 3.66. The molecule has 150 valence electrons. The molecule has 0 unspecified atom stereocenters.